The molecule has 3 N–H and O–H groups in total. The van der Waals surface area contributed by atoms with Crippen LogP contribution in [-0.2, 0) is 20.9 Å². The van der Waals surface area contributed by atoms with Gasteiger partial charge in [-0.2, -0.15) is 0 Å². The highest BCUT2D eigenvalue weighted by molar-refractivity contribution is 7.99. The molecular weight excluding hydrogens is 466 g/mol. The number of carboxylic acid groups (broad SMARTS) is 1. The van der Waals surface area contributed by atoms with Gasteiger partial charge in [0.15, 0.2) is 6.29 Å². The predicted molar refractivity (Wildman–Crippen MR) is 133 cm³/mol. The standard InChI is InChI=1S/C27H27NO6S/c1-17(30)28-21-12-10-20(11-13-21)27-33-22(16-35-25-5-3-2-4-23(25)26(31)32)14-24(34-27)19-8-6-18(15-29)7-9-19/h2-13,22,24,27,29H,14-16H2,1H3,(H,28,30)(H,31,32)/t22-,24+,27+/m1/s1. The van der Waals surface area contributed by atoms with Gasteiger partial charge in [0.05, 0.1) is 24.4 Å². The summed E-state index contributed by atoms with van der Waals surface area (Å²) in [6, 6.07) is 21.9. The number of hydrogen-bond acceptors (Lipinski definition) is 6. The first-order valence-corrected chi connectivity index (χ1v) is 12.2. The number of carbonyl (C=O) groups is 2. The van der Waals surface area contributed by atoms with E-state index in [1.165, 1.54) is 18.7 Å². The molecule has 7 nitrogen and oxygen atoms in total. The second-order valence-electron chi connectivity index (χ2n) is 8.27. The summed E-state index contributed by atoms with van der Waals surface area (Å²) in [6.45, 7) is 1.43. The van der Waals surface area contributed by atoms with E-state index in [2.05, 4.69) is 5.32 Å². The minimum Gasteiger partial charge on any atom is -0.478 e. The summed E-state index contributed by atoms with van der Waals surface area (Å²) in [5, 5.41) is 21.6. The normalized spacial score (nSPS) is 19.8. The van der Waals surface area contributed by atoms with Gasteiger partial charge in [-0.05, 0) is 35.4 Å². The Morgan fingerprint density at radius 2 is 1.66 bits per heavy atom. The molecule has 1 heterocycles. The molecule has 182 valence electrons. The van der Waals surface area contributed by atoms with E-state index in [4.69, 9.17) is 9.47 Å². The molecule has 1 saturated heterocycles. The average molecular weight is 494 g/mol. The van der Waals surface area contributed by atoms with Gasteiger partial charge in [-0.3, -0.25) is 4.79 Å². The van der Waals surface area contributed by atoms with Crippen molar-refractivity contribution in [2.45, 2.75) is 43.3 Å². The first-order valence-electron chi connectivity index (χ1n) is 11.3. The van der Waals surface area contributed by atoms with E-state index in [1.54, 1.807) is 30.3 Å². The molecule has 0 saturated carbocycles. The van der Waals surface area contributed by atoms with Crippen LogP contribution in [0.2, 0.25) is 0 Å². The minimum absolute atomic E-state index is 0.0273. The lowest BCUT2D eigenvalue weighted by atomic mass is 10.0. The molecule has 0 unspecified atom stereocenters. The highest BCUT2D eigenvalue weighted by atomic mass is 32.2. The molecule has 3 atom stereocenters. The van der Waals surface area contributed by atoms with Gasteiger partial charge in [-0.25, -0.2) is 4.79 Å². The van der Waals surface area contributed by atoms with E-state index >= 15 is 0 Å². The number of ether oxygens (including phenoxy) is 2. The van der Waals surface area contributed by atoms with Crippen molar-refractivity contribution < 1.29 is 29.3 Å². The molecule has 1 aliphatic rings. The van der Waals surface area contributed by atoms with E-state index in [-0.39, 0.29) is 30.3 Å². The highest BCUT2D eigenvalue weighted by Crippen LogP contribution is 2.40. The van der Waals surface area contributed by atoms with Gasteiger partial charge < -0.3 is 25.0 Å². The molecule has 1 fully saturated rings. The smallest absolute Gasteiger partial charge is 0.336 e. The molecule has 3 aromatic rings. The first-order chi connectivity index (χ1) is 16.9. The molecule has 0 radical (unpaired) electrons. The number of benzene rings is 3. The second-order valence-corrected chi connectivity index (χ2v) is 9.33. The molecule has 0 aliphatic carbocycles. The molecule has 0 spiro atoms. The molecule has 4 rings (SSSR count). The van der Waals surface area contributed by atoms with Gasteiger partial charge in [0.2, 0.25) is 5.91 Å². The number of hydrogen-bond donors (Lipinski definition) is 3. The Labute approximate surface area is 208 Å². The number of anilines is 1. The lowest BCUT2D eigenvalue weighted by Crippen LogP contribution is -2.31. The third-order valence-electron chi connectivity index (χ3n) is 5.66. The van der Waals surface area contributed by atoms with Crippen molar-refractivity contribution in [3.05, 3.63) is 95.1 Å². The van der Waals surface area contributed by atoms with Crippen LogP contribution in [-0.4, -0.2) is 33.9 Å². The van der Waals surface area contributed by atoms with E-state index in [1.807, 2.05) is 42.5 Å². The van der Waals surface area contributed by atoms with E-state index in [9.17, 15) is 19.8 Å². The maximum atomic E-state index is 11.6. The average Bonchev–Trinajstić information content (AvgIpc) is 2.87. The Morgan fingerprint density at radius 1 is 0.971 bits per heavy atom. The van der Waals surface area contributed by atoms with Crippen molar-refractivity contribution in [3.63, 3.8) is 0 Å². The molecule has 1 aliphatic heterocycles. The summed E-state index contributed by atoms with van der Waals surface area (Å²) in [6.07, 6.45) is -0.464. The third-order valence-corrected chi connectivity index (χ3v) is 6.87. The number of aromatic carboxylic acids is 1. The fourth-order valence-corrected chi connectivity index (χ4v) is 4.97. The molecule has 1 amide bonds. The Balaban J connectivity index is 1.54. The van der Waals surface area contributed by atoms with E-state index in [0.717, 1.165) is 16.7 Å². The quantitative estimate of drug-likeness (QED) is 0.372. The zero-order valence-corrected chi connectivity index (χ0v) is 20.0. The zero-order valence-electron chi connectivity index (χ0n) is 19.2. The van der Waals surface area contributed by atoms with Crippen molar-refractivity contribution in [1.29, 1.82) is 0 Å². The Kier molecular flexibility index (Phi) is 8.20. The number of aliphatic hydroxyl groups is 1. The molecule has 0 aromatic heterocycles. The van der Waals surface area contributed by atoms with Gasteiger partial charge in [-0.15, -0.1) is 11.8 Å². The number of nitrogens with one attached hydrogen (secondary N) is 1. The molecule has 3 aromatic carbocycles. The molecule has 8 heteroatoms. The third kappa shape index (κ3) is 6.49. The van der Waals surface area contributed by atoms with Crippen LogP contribution in [0, 0.1) is 0 Å². The van der Waals surface area contributed by atoms with E-state index in [0.29, 0.717) is 22.8 Å². The number of aliphatic hydroxyl groups excluding tert-OH is 1. The first kappa shape index (κ1) is 24.9. The van der Waals surface area contributed by atoms with Gasteiger partial charge in [0.1, 0.15) is 0 Å². The summed E-state index contributed by atoms with van der Waals surface area (Å²) in [5.74, 6) is -0.549. The molecule has 0 bridgehead atoms. The van der Waals surface area contributed by atoms with Crippen LogP contribution in [0.4, 0.5) is 5.69 Å². The summed E-state index contributed by atoms with van der Waals surface area (Å²) in [5.41, 5.74) is 3.57. The van der Waals surface area contributed by atoms with Crippen LogP contribution in [0.5, 0.6) is 0 Å². The van der Waals surface area contributed by atoms with Crippen LogP contribution >= 0.6 is 11.8 Å². The highest BCUT2D eigenvalue weighted by Gasteiger charge is 2.32. The number of rotatable bonds is 8. The molecule has 35 heavy (non-hydrogen) atoms. The SMILES string of the molecule is CC(=O)Nc1ccc([C@H]2O[C@@H](CSc3ccccc3C(=O)O)C[C@@H](c3ccc(CO)cc3)O2)cc1. The molecular formula is C27H27NO6S. The van der Waals surface area contributed by atoms with Crippen LogP contribution in [0.1, 0.15) is 52.8 Å². The van der Waals surface area contributed by atoms with Crippen LogP contribution in [0.15, 0.2) is 77.7 Å². The number of carbonyl (C=O) groups excluding carboxylic acids is 1. The monoisotopic (exact) mass is 493 g/mol. The Morgan fingerprint density at radius 3 is 2.31 bits per heavy atom. The zero-order chi connectivity index (χ0) is 24.8. The van der Waals surface area contributed by atoms with Gasteiger partial charge in [0.25, 0.3) is 0 Å². The van der Waals surface area contributed by atoms with Crippen molar-refractivity contribution in [1.82, 2.24) is 0 Å². The van der Waals surface area contributed by atoms with Crippen LogP contribution < -0.4 is 5.32 Å². The Bertz CT molecular complexity index is 1170. The topological polar surface area (TPSA) is 105 Å². The lowest BCUT2D eigenvalue weighted by Gasteiger charge is -2.36. The summed E-state index contributed by atoms with van der Waals surface area (Å²) < 4.78 is 12.6. The Hall–Kier alpha value is -3.17. The largest absolute Gasteiger partial charge is 0.478 e. The minimum atomic E-state index is -0.958. The fraction of sp³-hybridized carbons (Fsp3) is 0.259. The maximum Gasteiger partial charge on any atom is 0.336 e. The van der Waals surface area contributed by atoms with Gasteiger partial charge in [-0.1, -0.05) is 48.5 Å². The van der Waals surface area contributed by atoms with Crippen molar-refractivity contribution in [3.8, 4) is 0 Å². The van der Waals surface area contributed by atoms with Crippen molar-refractivity contribution in [2.75, 3.05) is 11.1 Å². The van der Waals surface area contributed by atoms with Gasteiger partial charge >= 0.3 is 5.97 Å². The summed E-state index contributed by atoms with van der Waals surface area (Å²) in [7, 11) is 0. The number of thioether (sulfide) groups is 1. The second kappa shape index (κ2) is 11.5. The summed E-state index contributed by atoms with van der Waals surface area (Å²) >= 11 is 1.45. The lowest BCUT2D eigenvalue weighted by molar-refractivity contribution is -0.245. The van der Waals surface area contributed by atoms with Crippen LogP contribution in [0.25, 0.3) is 0 Å². The van der Waals surface area contributed by atoms with Crippen molar-refractivity contribution in [2.24, 2.45) is 0 Å². The van der Waals surface area contributed by atoms with E-state index < -0.39 is 12.3 Å². The fourth-order valence-electron chi connectivity index (χ4n) is 3.90. The predicted octanol–water partition coefficient (Wildman–Crippen LogP) is 5.17. The number of amides is 1. The summed E-state index contributed by atoms with van der Waals surface area (Å²) in [4.78, 5) is 23.6. The van der Waals surface area contributed by atoms with Gasteiger partial charge in [0, 0.05) is 35.2 Å². The van der Waals surface area contributed by atoms with Crippen molar-refractivity contribution >= 4 is 29.3 Å². The number of carboxylic acids is 1. The maximum absolute atomic E-state index is 11.6. The van der Waals surface area contributed by atoms with Crippen LogP contribution in [0.3, 0.4) is 0 Å².